The maximum absolute atomic E-state index is 10.9. The molecule has 0 saturated carbocycles. The van der Waals surface area contributed by atoms with Crippen molar-refractivity contribution in [3.63, 3.8) is 0 Å². The second-order valence-corrected chi connectivity index (χ2v) is 2.93. The first kappa shape index (κ1) is 9.99. The molecule has 2 N–H and O–H groups in total. The van der Waals surface area contributed by atoms with Gasteiger partial charge in [-0.05, 0) is 20.8 Å². The fraction of sp³-hybridized carbons (Fsp3) is 0.625. The SMILES string of the molecule is C#CC(C)(C)NC(=O)[C@@H](C)O. The molecular formula is C8H13NO2. The summed E-state index contributed by atoms with van der Waals surface area (Å²) in [5, 5.41) is 11.3. The van der Waals surface area contributed by atoms with Crippen LogP contribution in [-0.2, 0) is 4.79 Å². The van der Waals surface area contributed by atoms with E-state index in [1.165, 1.54) is 6.92 Å². The molecule has 0 fully saturated rings. The van der Waals surface area contributed by atoms with E-state index >= 15 is 0 Å². The van der Waals surface area contributed by atoms with Crippen LogP contribution in [0, 0.1) is 12.3 Å². The number of amides is 1. The van der Waals surface area contributed by atoms with Gasteiger partial charge in [0, 0.05) is 0 Å². The first-order chi connectivity index (χ1) is 4.89. The van der Waals surface area contributed by atoms with E-state index in [-0.39, 0.29) is 0 Å². The molecule has 0 radical (unpaired) electrons. The van der Waals surface area contributed by atoms with Gasteiger partial charge in [0.1, 0.15) is 6.10 Å². The van der Waals surface area contributed by atoms with Gasteiger partial charge in [-0.1, -0.05) is 5.92 Å². The summed E-state index contributed by atoms with van der Waals surface area (Å²) in [4.78, 5) is 10.9. The van der Waals surface area contributed by atoms with Gasteiger partial charge in [0.15, 0.2) is 0 Å². The summed E-state index contributed by atoms with van der Waals surface area (Å²) in [5.74, 6) is 1.93. The predicted octanol–water partition coefficient (Wildman–Crippen LogP) is -0.105. The third-order valence-electron chi connectivity index (χ3n) is 1.18. The molecule has 0 aromatic heterocycles. The van der Waals surface area contributed by atoms with Gasteiger partial charge < -0.3 is 10.4 Å². The molecule has 1 amide bonds. The average Bonchev–Trinajstić information content (AvgIpc) is 1.87. The number of hydrogen-bond donors (Lipinski definition) is 2. The molecule has 0 aromatic carbocycles. The number of carbonyl (C=O) groups is 1. The summed E-state index contributed by atoms with van der Waals surface area (Å²) >= 11 is 0. The van der Waals surface area contributed by atoms with E-state index in [1.54, 1.807) is 13.8 Å². The zero-order chi connectivity index (χ0) is 9.07. The minimum absolute atomic E-state index is 0.451. The molecule has 0 aliphatic heterocycles. The molecule has 0 spiro atoms. The largest absolute Gasteiger partial charge is 0.384 e. The number of hydrogen-bond acceptors (Lipinski definition) is 2. The Kier molecular flexibility index (Phi) is 3.09. The molecule has 0 aromatic rings. The van der Waals surface area contributed by atoms with E-state index in [2.05, 4.69) is 11.2 Å². The fourth-order valence-electron chi connectivity index (χ4n) is 0.449. The van der Waals surface area contributed by atoms with Crippen molar-refractivity contribution in [2.24, 2.45) is 0 Å². The van der Waals surface area contributed by atoms with E-state index in [0.29, 0.717) is 0 Å². The van der Waals surface area contributed by atoms with Crippen LogP contribution in [0.5, 0.6) is 0 Å². The molecule has 3 heteroatoms. The predicted molar refractivity (Wildman–Crippen MR) is 42.7 cm³/mol. The van der Waals surface area contributed by atoms with Crippen LogP contribution in [0.4, 0.5) is 0 Å². The lowest BCUT2D eigenvalue weighted by Gasteiger charge is -2.20. The van der Waals surface area contributed by atoms with E-state index in [1.807, 2.05) is 0 Å². The van der Waals surface area contributed by atoms with Crippen LogP contribution in [0.2, 0.25) is 0 Å². The van der Waals surface area contributed by atoms with Gasteiger partial charge in [-0.15, -0.1) is 6.42 Å². The second kappa shape index (κ2) is 3.40. The van der Waals surface area contributed by atoms with E-state index in [9.17, 15) is 4.79 Å². The third kappa shape index (κ3) is 3.64. The minimum Gasteiger partial charge on any atom is -0.384 e. The monoisotopic (exact) mass is 155 g/mol. The lowest BCUT2D eigenvalue weighted by molar-refractivity contribution is -0.129. The van der Waals surface area contributed by atoms with Crippen LogP contribution in [0.1, 0.15) is 20.8 Å². The van der Waals surface area contributed by atoms with Gasteiger partial charge in [-0.2, -0.15) is 0 Å². The van der Waals surface area contributed by atoms with Crippen molar-refractivity contribution in [2.45, 2.75) is 32.4 Å². The number of rotatable bonds is 2. The molecule has 1 atom stereocenters. The standard InChI is InChI=1S/C8H13NO2/c1-5-8(3,4)9-7(11)6(2)10/h1,6,10H,2-4H3,(H,9,11)/t6-/m1/s1. The van der Waals surface area contributed by atoms with Crippen molar-refractivity contribution in [3.8, 4) is 12.3 Å². The fourth-order valence-corrected chi connectivity index (χ4v) is 0.449. The van der Waals surface area contributed by atoms with Crippen LogP contribution >= 0.6 is 0 Å². The maximum atomic E-state index is 10.9. The number of terminal acetylenes is 1. The smallest absolute Gasteiger partial charge is 0.249 e. The lowest BCUT2D eigenvalue weighted by Crippen LogP contribution is -2.46. The van der Waals surface area contributed by atoms with Gasteiger partial charge in [0.05, 0.1) is 5.54 Å². The summed E-state index contributed by atoms with van der Waals surface area (Å²) in [6, 6.07) is 0. The van der Waals surface area contributed by atoms with Gasteiger partial charge >= 0.3 is 0 Å². The average molecular weight is 155 g/mol. The Hall–Kier alpha value is -1.01. The van der Waals surface area contributed by atoms with Crippen LogP contribution < -0.4 is 5.32 Å². The summed E-state index contributed by atoms with van der Waals surface area (Å²) in [6.07, 6.45) is 4.10. The van der Waals surface area contributed by atoms with Crippen molar-refractivity contribution < 1.29 is 9.90 Å². The van der Waals surface area contributed by atoms with E-state index in [0.717, 1.165) is 0 Å². The second-order valence-electron chi connectivity index (χ2n) is 2.93. The van der Waals surface area contributed by atoms with Gasteiger partial charge in [-0.25, -0.2) is 0 Å². The highest BCUT2D eigenvalue weighted by molar-refractivity contribution is 5.81. The molecule has 0 saturated heterocycles. The Morgan fingerprint density at radius 1 is 1.73 bits per heavy atom. The Labute approximate surface area is 66.8 Å². The number of nitrogens with one attached hydrogen (secondary N) is 1. The van der Waals surface area contributed by atoms with E-state index < -0.39 is 17.6 Å². The quantitative estimate of drug-likeness (QED) is 0.547. The minimum atomic E-state index is -1.01. The lowest BCUT2D eigenvalue weighted by atomic mass is 10.1. The molecule has 0 aliphatic rings. The zero-order valence-electron chi connectivity index (χ0n) is 7.01. The number of aliphatic hydroxyl groups excluding tert-OH is 1. The Bertz CT molecular complexity index is 189. The third-order valence-corrected chi connectivity index (χ3v) is 1.18. The Morgan fingerprint density at radius 3 is 2.45 bits per heavy atom. The van der Waals surface area contributed by atoms with Crippen LogP contribution in [-0.4, -0.2) is 22.7 Å². The van der Waals surface area contributed by atoms with Crippen LogP contribution in [0.3, 0.4) is 0 Å². The van der Waals surface area contributed by atoms with Crippen LogP contribution in [0.25, 0.3) is 0 Å². The van der Waals surface area contributed by atoms with Crippen molar-refractivity contribution in [3.05, 3.63) is 0 Å². The molecule has 0 bridgehead atoms. The molecule has 11 heavy (non-hydrogen) atoms. The molecule has 0 unspecified atom stereocenters. The summed E-state index contributed by atoms with van der Waals surface area (Å²) in [6.45, 7) is 4.77. The molecule has 62 valence electrons. The van der Waals surface area contributed by atoms with E-state index in [4.69, 9.17) is 11.5 Å². The molecule has 0 rings (SSSR count). The topological polar surface area (TPSA) is 49.3 Å². The van der Waals surface area contributed by atoms with Gasteiger partial charge in [0.2, 0.25) is 5.91 Å². The van der Waals surface area contributed by atoms with Gasteiger partial charge in [-0.3, -0.25) is 4.79 Å². The first-order valence-electron chi connectivity index (χ1n) is 3.37. The van der Waals surface area contributed by atoms with Gasteiger partial charge in [0.25, 0.3) is 0 Å². The molecular weight excluding hydrogens is 142 g/mol. The normalized spacial score (nSPS) is 13.4. The van der Waals surface area contributed by atoms with Crippen molar-refractivity contribution >= 4 is 5.91 Å². The Morgan fingerprint density at radius 2 is 2.18 bits per heavy atom. The highest BCUT2D eigenvalue weighted by atomic mass is 16.3. The Balaban J connectivity index is 4.08. The summed E-state index contributed by atoms with van der Waals surface area (Å²) < 4.78 is 0. The highest BCUT2D eigenvalue weighted by Gasteiger charge is 2.19. The maximum Gasteiger partial charge on any atom is 0.249 e. The number of aliphatic hydroxyl groups is 1. The van der Waals surface area contributed by atoms with Crippen molar-refractivity contribution in [1.29, 1.82) is 0 Å². The van der Waals surface area contributed by atoms with Crippen molar-refractivity contribution in [2.75, 3.05) is 0 Å². The summed E-state index contributed by atoms with van der Waals surface area (Å²) in [7, 11) is 0. The first-order valence-corrected chi connectivity index (χ1v) is 3.37. The zero-order valence-corrected chi connectivity index (χ0v) is 7.01. The van der Waals surface area contributed by atoms with Crippen molar-refractivity contribution in [1.82, 2.24) is 5.32 Å². The molecule has 0 heterocycles. The number of carbonyl (C=O) groups excluding carboxylic acids is 1. The molecule has 3 nitrogen and oxygen atoms in total. The highest BCUT2D eigenvalue weighted by Crippen LogP contribution is 1.98. The van der Waals surface area contributed by atoms with Crippen LogP contribution in [0.15, 0.2) is 0 Å². The molecule has 0 aliphatic carbocycles. The summed E-state index contributed by atoms with van der Waals surface area (Å²) in [5.41, 5.74) is -0.686.